The summed E-state index contributed by atoms with van der Waals surface area (Å²) in [6, 6.07) is 0. The molecule has 0 aromatic heterocycles. The van der Waals surface area contributed by atoms with Gasteiger partial charge in [0.1, 0.15) is 6.54 Å². The summed E-state index contributed by atoms with van der Waals surface area (Å²) in [5, 5.41) is 10.6. The summed E-state index contributed by atoms with van der Waals surface area (Å²) >= 11 is 0. The largest absolute Gasteiger partial charge is 0.480 e. The Morgan fingerprint density at radius 3 is 2.46 bits per heavy atom. The number of rotatable bonds is 4. The molecule has 0 bridgehead atoms. The van der Waals surface area contributed by atoms with Crippen LogP contribution in [0.5, 0.6) is 0 Å². The number of carbonyl (C=O) groups excluding carboxylic acids is 1. The number of carboxylic acid groups (broad SMARTS) is 1. The Morgan fingerprint density at radius 2 is 2.08 bits per heavy atom. The predicted octanol–water partition coefficient (Wildman–Crippen LogP) is -0.541. The zero-order valence-electron chi connectivity index (χ0n) is 7.38. The normalized spacial score (nSPS) is 18.8. The Labute approximate surface area is 76.3 Å². The fourth-order valence-electron chi connectivity index (χ4n) is 1.36. The molecule has 0 aromatic carbocycles. The molecule has 1 rings (SSSR count). The van der Waals surface area contributed by atoms with Crippen molar-refractivity contribution in [3.05, 3.63) is 0 Å². The summed E-state index contributed by atoms with van der Waals surface area (Å²) in [4.78, 5) is 21.2. The number of amides is 1. The van der Waals surface area contributed by atoms with E-state index in [0.717, 1.165) is 19.3 Å². The van der Waals surface area contributed by atoms with Gasteiger partial charge in [0, 0.05) is 12.0 Å². The lowest BCUT2D eigenvalue weighted by molar-refractivity contribution is -0.138. The van der Waals surface area contributed by atoms with E-state index in [1.54, 1.807) is 0 Å². The molecule has 0 aromatic rings. The number of carboxylic acids is 1. The second kappa shape index (κ2) is 3.74. The summed E-state index contributed by atoms with van der Waals surface area (Å²) in [6.07, 6.45) is 3.00. The second-order valence-electron chi connectivity index (χ2n) is 3.56. The van der Waals surface area contributed by atoms with Gasteiger partial charge in [-0.3, -0.25) is 9.59 Å². The maximum absolute atomic E-state index is 11.1. The van der Waals surface area contributed by atoms with Crippen molar-refractivity contribution in [3.8, 4) is 0 Å². The Hall–Kier alpha value is -1.10. The van der Waals surface area contributed by atoms with Crippen LogP contribution in [0.2, 0.25) is 0 Å². The molecule has 0 saturated heterocycles. The predicted molar refractivity (Wildman–Crippen MR) is 46.0 cm³/mol. The van der Waals surface area contributed by atoms with E-state index in [1.807, 2.05) is 0 Å². The highest BCUT2D eigenvalue weighted by Gasteiger charge is 2.34. The van der Waals surface area contributed by atoms with Crippen LogP contribution in [0.4, 0.5) is 0 Å². The van der Waals surface area contributed by atoms with Crippen LogP contribution in [0.3, 0.4) is 0 Å². The van der Waals surface area contributed by atoms with Crippen molar-refractivity contribution in [1.29, 1.82) is 0 Å². The Balaban J connectivity index is 2.21. The molecule has 0 atom stereocenters. The summed E-state index contributed by atoms with van der Waals surface area (Å²) in [6.45, 7) is -0.324. The molecule has 1 aliphatic rings. The molecular formula is C8H14N2O3. The van der Waals surface area contributed by atoms with E-state index in [0.29, 0.717) is 0 Å². The lowest BCUT2D eigenvalue weighted by atomic mass is 9.75. The Bertz CT molecular complexity index is 223. The topological polar surface area (TPSA) is 92.4 Å². The highest BCUT2D eigenvalue weighted by molar-refractivity contribution is 5.81. The van der Waals surface area contributed by atoms with Crippen molar-refractivity contribution in [2.24, 2.45) is 5.73 Å². The molecule has 0 unspecified atom stereocenters. The third-order valence-electron chi connectivity index (χ3n) is 2.30. The van der Waals surface area contributed by atoms with Crippen molar-refractivity contribution in [3.63, 3.8) is 0 Å². The molecule has 74 valence electrons. The van der Waals surface area contributed by atoms with Crippen LogP contribution < -0.4 is 11.1 Å². The van der Waals surface area contributed by atoms with Gasteiger partial charge >= 0.3 is 5.97 Å². The standard InChI is InChI=1S/C8H14N2O3/c9-8(2-1-3-8)4-6(11)10-5-7(12)13/h1-5,9H2,(H,10,11)(H,12,13). The maximum atomic E-state index is 11.1. The summed E-state index contributed by atoms with van der Waals surface area (Å²) in [5.74, 6) is -1.31. The van der Waals surface area contributed by atoms with Gasteiger partial charge in [-0.25, -0.2) is 0 Å². The number of nitrogens with two attached hydrogens (primary N) is 1. The molecule has 4 N–H and O–H groups in total. The quantitative estimate of drug-likeness (QED) is 0.549. The first-order chi connectivity index (χ1) is 6.02. The SMILES string of the molecule is NC1(CC(=O)NCC(=O)O)CCC1. The summed E-state index contributed by atoms with van der Waals surface area (Å²) in [7, 11) is 0. The molecule has 1 aliphatic carbocycles. The van der Waals surface area contributed by atoms with Gasteiger partial charge in [-0.15, -0.1) is 0 Å². The van der Waals surface area contributed by atoms with Crippen LogP contribution in [0, 0.1) is 0 Å². The molecule has 0 radical (unpaired) electrons. The van der Waals surface area contributed by atoms with Gasteiger partial charge in [0.05, 0.1) is 0 Å². The van der Waals surface area contributed by atoms with Crippen molar-refractivity contribution >= 4 is 11.9 Å². The number of aliphatic carboxylic acids is 1. The van der Waals surface area contributed by atoms with Gasteiger partial charge in [-0.2, -0.15) is 0 Å². The van der Waals surface area contributed by atoms with Crippen LogP contribution in [0.15, 0.2) is 0 Å². The molecule has 5 heteroatoms. The molecule has 1 amide bonds. The van der Waals surface area contributed by atoms with Gasteiger partial charge in [0.25, 0.3) is 0 Å². The van der Waals surface area contributed by atoms with Crippen LogP contribution in [0.1, 0.15) is 25.7 Å². The fourth-order valence-corrected chi connectivity index (χ4v) is 1.36. The van der Waals surface area contributed by atoms with Crippen molar-refractivity contribution in [2.75, 3.05) is 6.54 Å². The van der Waals surface area contributed by atoms with E-state index in [4.69, 9.17) is 10.8 Å². The van der Waals surface area contributed by atoms with Crippen LogP contribution in [0.25, 0.3) is 0 Å². The number of carbonyl (C=O) groups is 2. The van der Waals surface area contributed by atoms with E-state index < -0.39 is 5.97 Å². The molecule has 1 saturated carbocycles. The highest BCUT2D eigenvalue weighted by atomic mass is 16.4. The molecule has 5 nitrogen and oxygen atoms in total. The molecule has 0 aliphatic heterocycles. The second-order valence-corrected chi connectivity index (χ2v) is 3.56. The smallest absolute Gasteiger partial charge is 0.322 e. The number of hydrogen-bond donors (Lipinski definition) is 3. The summed E-state index contributed by atoms with van der Waals surface area (Å²) in [5.41, 5.74) is 5.43. The van der Waals surface area contributed by atoms with Crippen molar-refractivity contribution in [2.45, 2.75) is 31.2 Å². The Morgan fingerprint density at radius 1 is 1.46 bits per heavy atom. The first-order valence-corrected chi connectivity index (χ1v) is 4.29. The van der Waals surface area contributed by atoms with Crippen LogP contribution >= 0.6 is 0 Å². The van der Waals surface area contributed by atoms with Gasteiger partial charge in [0.2, 0.25) is 5.91 Å². The zero-order chi connectivity index (χ0) is 9.90. The zero-order valence-corrected chi connectivity index (χ0v) is 7.38. The maximum Gasteiger partial charge on any atom is 0.322 e. The van der Waals surface area contributed by atoms with E-state index in [1.165, 1.54) is 0 Å². The minimum absolute atomic E-state index is 0.236. The fraction of sp³-hybridized carbons (Fsp3) is 0.750. The van der Waals surface area contributed by atoms with E-state index in [2.05, 4.69) is 5.32 Å². The van der Waals surface area contributed by atoms with Crippen LogP contribution in [-0.4, -0.2) is 29.1 Å². The monoisotopic (exact) mass is 186 g/mol. The number of nitrogens with one attached hydrogen (secondary N) is 1. The molecule has 1 fully saturated rings. The van der Waals surface area contributed by atoms with E-state index in [-0.39, 0.29) is 24.4 Å². The van der Waals surface area contributed by atoms with Crippen LogP contribution in [-0.2, 0) is 9.59 Å². The lowest BCUT2D eigenvalue weighted by Crippen LogP contribution is -2.50. The third-order valence-corrected chi connectivity index (χ3v) is 2.30. The minimum Gasteiger partial charge on any atom is -0.480 e. The molecular weight excluding hydrogens is 172 g/mol. The first kappa shape index (κ1) is 9.98. The average molecular weight is 186 g/mol. The highest BCUT2D eigenvalue weighted by Crippen LogP contribution is 2.31. The molecule has 13 heavy (non-hydrogen) atoms. The van der Waals surface area contributed by atoms with Gasteiger partial charge in [-0.05, 0) is 19.3 Å². The molecule has 0 heterocycles. The van der Waals surface area contributed by atoms with Gasteiger partial charge in [-0.1, -0.05) is 0 Å². The van der Waals surface area contributed by atoms with E-state index >= 15 is 0 Å². The van der Waals surface area contributed by atoms with Gasteiger partial charge < -0.3 is 16.2 Å². The summed E-state index contributed by atoms with van der Waals surface area (Å²) < 4.78 is 0. The van der Waals surface area contributed by atoms with Crippen molar-refractivity contribution < 1.29 is 14.7 Å². The van der Waals surface area contributed by atoms with Crippen molar-refractivity contribution in [1.82, 2.24) is 5.32 Å². The average Bonchev–Trinajstić information content (AvgIpc) is 1.98. The first-order valence-electron chi connectivity index (χ1n) is 4.29. The third kappa shape index (κ3) is 3.02. The lowest BCUT2D eigenvalue weighted by Gasteiger charge is -2.37. The Kier molecular flexibility index (Phi) is 2.87. The molecule has 0 spiro atoms. The number of hydrogen-bond acceptors (Lipinski definition) is 3. The minimum atomic E-state index is -1.03. The van der Waals surface area contributed by atoms with Gasteiger partial charge in [0.15, 0.2) is 0 Å². The van der Waals surface area contributed by atoms with E-state index in [9.17, 15) is 9.59 Å².